The first-order chi connectivity index (χ1) is 14.5. The summed E-state index contributed by atoms with van der Waals surface area (Å²) in [5.41, 5.74) is 1.43. The van der Waals surface area contributed by atoms with Gasteiger partial charge in [0, 0.05) is 23.3 Å². The van der Waals surface area contributed by atoms with Crippen molar-refractivity contribution in [2.75, 3.05) is 5.75 Å². The van der Waals surface area contributed by atoms with Gasteiger partial charge in [-0.1, -0.05) is 13.0 Å². The lowest BCUT2D eigenvalue weighted by atomic mass is 10.1. The summed E-state index contributed by atoms with van der Waals surface area (Å²) in [6.45, 7) is 1.41. The van der Waals surface area contributed by atoms with Gasteiger partial charge in [-0.3, -0.25) is 4.98 Å². The van der Waals surface area contributed by atoms with Gasteiger partial charge < -0.3 is 14.0 Å². The Hall–Kier alpha value is -2.60. The van der Waals surface area contributed by atoms with Crippen LogP contribution in [-0.4, -0.2) is 35.1 Å². The van der Waals surface area contributed by atoms with Gasteiger partial charge in [-0.15, -0.1) is 13.2 Å². The lowest BCUT2D eigenvalue weighted by Crippen LogP contribution is -2.18. The summed E-state index contributed by atoms with van der Waals surface area (Å²) in [4.78, 5) is 8.76. The summed E-state index contributed by atoms with van der Waals surface area (Å²) < 4.78 is 75.3. The summed E-state index contributed by atoms with van der Waals surface area (Å²) in [6, 6.07) is 5.61. The Labute approximate surface area is 183 Å². The summed E-state index contributed by atoms with van der Waals surface area (Å²) in [5, 5.41) is 0. The smallest absolute Gasteiger partial charge is 0.483 e. The Kier molecular flexibility index (Phi) is 5.24. The zero-order valence-corrected chi connectivity index (χ0v) is 18.6. The zero-order chi connectivity index (χ0) is 22.6. The average molecular weight is 518 g/mol. The highest BCUT2D eigenvalue weighted by molar-refractivity contribution is 9.10. The molecular weight excluding hydrogens is 503 g/mol. The van der Waals surface area contributed by atoms with Crippen LogP contribution in [0.4, 0.5) is 13.2 Å². The molecule has 0 bridgehead atoms. The third kappa shape index (κ3) is 3.89. The molecule has 3 aromatic rings. The van der Waals surface area contributed by atoms with E-state index in [1.165, 1.54) is 25.3 Å². The van der Waals surface area contributed by atoms with Crippen molar-refractivity contribution in [2.24, 2.45) is 7.05 Å². The van der Waals surface area contributed by atoms with E-state index in [2.05, 4.69) is 30.6 Å². The second kappa shape index (κ2) is 7.52. The van der Waals surface area contributed by atoms with Crippen LogP contribution in [0.25, 0.3) is 22.8 Å². The van der Waals surface area contributed by atoms with Crippen LogP contribution >= 0.6 is 15.9 Å². The van der Waals surface area contributed by atoms with Crippen molar-refractivity contribution >= 4 is 25.8 Å². The van der Waals surface area contributed by atoms with Crippen molar-refractivity contribution in [1.82, 2.24) is 14.5 Å². The third-order valence-corrected chi connectivity index (χ3v) is 6.90. The van der Waals surface area contributed by atoms with Gasteiger partial charge >= 0.3 is 6.36 Å². The molecule has 0 atom stereocenters. The number of fused-ring (bicyclic) bond motifs is 3. The summed E-state index contributed by atoms with van der Waals surface area (Å²) in [5.74, 6) is -0.406. The lowest BCUT2D eigenvalue weighted by molar-refractivity contribution is -0.275. The number of hydrogen-bond acceptors (Lipinski definition) is 6. The molecule has 0 fully saturated rings. The second-order valence-corrected chi connectivity index (χ2v) is 9.83. The third-order valence-electron chi connectivity index (χ3n) is 4.73. The maximum absolute atomic E-state index is 12.8. The highest BCUT2D eigenvalue weighted by Crippen LogP contribution is 2.46. The molecule has 1 aliphatic rings. The first-order valence-corrected chi connectivity index (χ1v) is 11.4. The topological polar surface area (TPSA) is 83.3 Å². The molecule has 0 aliphatic carbocycles. The standard InChI is InChI=1S/C19H15BrF3N3O4S/c1-3-31(27,28)14-7-10(20)8-24-15(14)18-25-12-9-29-17-11(16(12)26(18)2)5-4-6-13(17)30-19(21,22)23/h4-8H,3,9H2,1-2H3. The minimum atomic E-state index is -4.87. The van der Waals surface area contributed by atoms with E-state index in [9.17, 15) is 21.6 Å². The molecule has 3 heterocycles. The molecule has 1 aromatic carbocycles. The molecule has 4 rings (SSSR count). The molecule has 7 nitrogen and oxygen atoms in total. The van der Waals surface area contributed by atoms with Gasteiger partial charge in [0.25, 0.3) is 0 Å². The van der Waals surface area contributed by atoms with Gasteiger partial charge in [0.15, 0.2) is 27.2 Å². The number of nitrogens with zero attached hydrogens (tertiary/aromatic N) is 3. The lowest BCUT2D eigenvalue weighted by Gasteiger charge is -2.21. The van der Waals surface area contributed by atoms with E-state index >= 15 is 0 Å². The van der Waals surface area contributed by atoms with E-state index in [-0.39, 0.29) is 34.5 Å². The molecule has 0 unspecified atom stereocenters. The zero-order valence-electron chi connectivity index (χ0n) is 16.2. The number of benzene rings is 1. The number of pyridine rings is 1. The molecule has 0 saturated carbocycles. The molecular formula is C19H15BrF3N3O4S. The molecule has 1 aliphatic heterocycles. The van der Waals surface area contributed by atoms with E-state index in [1.807, 2.05) is 0 Å². The minimum absolute atomic E-state index is 0.00474. The van der Waals surface area contributed by atoms with Crippen LogP contribution in [0.1, 0.15) is 12.6 Å². The molecule has 164 valence electrons. The molecule has 2 aromatic heterocycles. The average Bonchev–Trinajstić information content (AvgIpc) is 3.04. The monoisotopic (exact) mass is 517 g/mol. The molecule has 0 spiro atoms. The second-order valence-electron chi connectivity index (χ2n) is 6.66. The fraction of sp³-hybridized carbons (Fsp3) is 0.263. The number of hydrogen-bond donors (Lipinski definition) is 0. The number of halogens is 4. The number of ether oxygens (including phenoxy) is 2. The van der Waals surface area contributed by atoms with Gasteiger partial charge in [-0.2, -0.15) is 0 Å². The maximum atomic E-state index is 12.8. The highest BCUT2D eigenvalue weighted by Gasteiger charge is 2.35. The Morgan fingerprint density at radius 3 is 2.74 bits per heavy atom. The van der Waals surface area contributed by atoms with Crippen LogP contribution < -0.4 is 9.47 Å². The molecule has 12 heteroatoms. The fourth-order valence-corrected chi connectivity index (χ4v) is 4.92. The van der Waals surface area contributed by atoms with Crippen LogP contribution in [0.5, 0.6) is 11.5 Å². The predicted molar refractivity (Wildman–Crippen MR) is 108 cm³/mol. The summed E-state index contributed by atoms with van der Waals surface area (Å²) in [7, 11) is -1.99. The van der Waals surface area contributed by atoms with Gasteiger partial charge in [-0.05, 0) is 34.1 Å². The summed E-state index contributed by atoms with van der Waals surface area (Å²) >= 11 is 3.24. The predicted octanol–water partition coefficient (Wildman–Crippen LogP) is 4.50. The van der Waals surface area contributed by atoms with Crippen LogP contribution in [0.15, 0.2) is 39.8 Å². The van der Waals surface area contributed by atoms with Gasteiger partial charge in [0.1, 0.15) is 18.0 Å². The van der Waals surface area contributed by atoms with E-state index in [4.69, 9.17) is 4.74 Å². The number of aromatic nitrogens is 3. The minimum Gasteiger partial charge on any atom is -0.483 e. The van der Waals surface area contributed by atoms with Crippen LogP contribution in [0.3, 0.4) is 0 Å². The molecule has 0 radical (unpaired) electrons. The molecule has 0 saturated heterocycles. The van der Waals surface area contributed by atoms with Gasteiger partial charge in [0.2, 0.25) is 0 Å². The van der Waals surface area contributed by atoms with Crippen LogP contribution in [-0.2, 0) is 23.5 Å². The van der Waals surface area contributed by atoms with Gasteiger partial charge in [0.05, 0.1) is 16.3 Å². The Balaban J connectivity index is 1.91. The maximum Gasteiger partial charge on any atom is 0.573 e. The quantitative estimate of drug-likeness (QED) is 0.506. The van der Waals surface area contributed by atoms with Crippen molar-refractivity contribution in [1.29, 1.82) is 0 Å². The Morgan fingerprint density at radius 1 is 1.32 bits per heavy atom. The fourth-order valence-electron chi connectivity index (χ4n) is 3.38. The number of sulfone groups is 1. The van der Waals surface area contributed by atoms with Crippen molar-refractivity contribution in [3.8, 4) is 34.3 Å². The van der Waals surface area contributed by atoms with Crippen LogP contribution in [0, 0.1) is 0 Å². The number of rotatable bonds is 4. The first kappa shape index (κ1) is 21.6. The van der Waals surface area contributed by atoms with Crippen molar-refractivity contribution in [3.05, 3.63) is 40.6 Å². The van der Waals surface area contributed by atoms with E-state index in [1.54, 1.807) is 17.7 Å². The van der Waals surface area contributed by atoms with Crippen molar-refractivity contribution < 1.29 is 31.1 Å². The van der Waals surface area contributed by atoms with E-state index < -0.39 is 21.9 Å². The number of para-hydroxylation sites is 1. The number of alkyl halides is 3. The molecule has 31 heavy (non-hydrogen) atoms. The molecule has 0 N–H and O–H groups in total. The van der Waals surface area contributed by atoms with Gasteiger partial charge in [-0.25, -0.2) is 13.4 Å². The SMILES string of the molecule is CCS(=O)(=O)c1cc(Br)cnc1-c1nc2c(n1C)-c1cccc(OC(F)(F)F)c1OC2. The Bertz CT molecular complexity index is 1290. The van der Waals surface area contributed by atoms with E-state index in [0.29, 0.717) is 21.4 Å². The summed E-state index contributed by atoms with van der Waals surface area (Å²) in [6.07, 6.45) is -3.42. The van der Waals surface area contributed by atoms with E-state index in [0.717, 1.165) is 6.07 Å². The number of imidazole rings is 1. The largest absolute Gasteiger partial charge is 0.573 e. The molecule has 0 amide bonds. The first-order valence-electron chi connectivity index (χ1n) is 8.98. The Morgan fingerprint density at radius 2 is 2.06 bits per heavy atom. The van der Waals surface area contributed by atoms with Crippen LogP contribution in [0.2, 0.25) is 0 Å². The van der Waals surface area contributed by atoms with Crippen molar-refractivity contribution in [3.63, 3.8) is 0 Å². The normalized spacial score (nSPS) is 13.4. The highest BCUT2D eigenvalue weighted by atomic mass is 79.9. The van der Waals surface area contributed by atoms with Crippen molar-refractivity contribution in [2.45, 2.75) is 24.8 Å².